The van der Waals surface area contributed by atoms with Gasteiger partial charge in [-0.3, -0.25) is 0 Å². The van der Waals surface area contributed by atoms with Crippen molar-refractivity contribution >= 4 is 18.3 Å². The molecule has 56 valence electrons. The van der Waals surface area contributed by atoms with E-state index in [-0.39, 0.29) is 5.88 Å². The molecule has 0 bridgehead atoms. The predicted molar refractivity (Wildman–Crippen MR) is 40.0 cm³/mol. The van der Waals surface area contributed by atoms with Crippen molar-refractivity contribution in [1.82, 2.24) is 5.16 Å². The van der Waals surface area contributed by atoms with E-state index in [0.717, 1.165) is 0 Å². The molecule has 5 heteroatoms. The molecule has 0 radical (unpaired) electrons. The summed E-state index contributed by atoms with van der Waals surface area (Å²) in [5.41, 5.74) is 5.33. The molecule has 0 fully saturated rings. The quantitative estimate of drug-likeness (QED) is 0.607. The van der Waals surface area contributed by atoms with Crippen LogP contribution in [0.15, 0.2) is 10.7 Å². The number of nitrogens with zero attached hydrogens (tertiary/aromatic N) is 1. The van der Waals surface area contributed by atoms with Crippen LogP contribution in [0.4, 0.5) is 5.88 Å². The highest BCUT2D eigenvalue weighted by atomic mass is 31.2. The van der Waals surface area contributed by atoms with Crippen LogP contribution >= 0.6 is 7.14 Å². The summed E-state index contributed by atoms with van der Waals surface area (Å²) in [6.45, 7) is 3.24. The summed E-state index contributed by atoms with van der Waals surface area (Å²) in [4.78, 5) is 0. The highest BCUT2D eigenvalue weighted by molar-refractivity contribution is 7.70. The molecule has 0 spiro atoms. The molecule has 0 saturated heterocycles. The Morgan fingerprint density at radius 3 is 2.50 bits per heavy atom. The van der Waals surface area contributed by atoms with Gasteiger partial charge < -0.3 is 14.8 Å². The molecule has 4 nitrogen and oxygen atoms in total. The van der Waals surface area contributed by atoms with Crippen LogP contribution in [-0.2, 0) is 4.57 Å². The molecule has 0 aliphatic heterocycles. The lowest BCUT2D eigenvalue weighted by Gasteiger charge is -2.00. The molecule has 0 aliphatic carbocycles. The van der Waals surface area contributed by atoms with Gasteiger partial charge in [-0.25, -0.2) is 0 Å². The number of aromatic nitrogens is 1. The van der Waals surface area contributed by atoms with Gasteiger partial charge in [0.1, 0.15) is 7.14 Å². The van der Waals surface area contributed by atoms with Crippen LogP contribution < -0.4 is 11.0 Å². The topological polar surface area (TPSA) is 69.1 Å². The molecule has 1 aromatic heterocycles. The lowest BCUT2D eigenvalue weighted by Crippen LogP contribution is -2.04. The van der Waals surface area contributed by atoms with Gasteiger partial charge in [0, 0.05) is 0 Å². The van der Waals surface area contributed by atoms with Crippen molar-refractivity contribution in [2.45, 2.75) is 0 Å². The van der Waals surface area contributed by atoms with Crippen molar-refractivity contribution in [2.75, 3.05) is 19.1 Å². The van der Waals surface area contributed by atoms with E-state index >= 15 is 0 Å². The van der Waals surface area contributed by atoms with Crippen molar-refractivity contribution in [2.24, 2.45) is 0 Å². The van der Waals surface area contributed by atoms with Gasteiger partial charge in [0.25, 0.3) is 0 Å². The van der Waals surface area contributed by atoms with Gasteiger partial charge in [0.15, 0.2) is 0 Å². The van der Waals surface area contributed by atoms with E-state index in [1.807, 2.05) is 0 Å². The minimum Gasteiger partial charge on any atom is -0.367 e. The molecule has 10 heavy (non-hydrogen) atoms. The second-order valence-electron chi connectivity index (χ2n) is 2.43. The highest BCUT2D eigenvalue weighted by Crippen LogP contribution is 2.36. The summed E-state index contributed by atoms with van der Waals surface area (Å²) >= 11 is 0. The van der Waals surface area contributed by atoms with Crippen molar-refractivity contribution in [3.05, 3.63) is 6.20 Å². The molecule has 0 aromatic carbocycles. The first kappa shape index (κ1) is 7.35. The maximum absolute atomic E-state index is 11.3. The number of hydrogen-bond donors (Lipinski definition) is 1. The monoisotopic (exact) mass is 160 g/mol. The van der Waals surface area contributed by atoms with Gasteiger partial charge >= 0.3 is 0 Å². The third-order valence-electron chi connectivity index (χ3n) is 1.16. The van der Waals surface area contributed by atoms with E-state index < -0.39 is 7.14 Å². The zero-order valence-corrected chi connectivity index (χ0v) is 6.76. The minimum atomic E-state index is -2.29. The molecule has 0 aliphatic rings. The number of anilines is 1. The van der Waals surface area contributed by atoms with E-state index in [1.54, 1.807) is 13.3 Å². The maximum Gasteiger partial charge on any atom is 0.232 e. The van der Waals surface area contributed by atoms with E-state index in [4.69, 9.17) is 5.73 Å². The van der Waals surface area contributed by atoms with Crippen LogP contribution in [0.3, 0.4) is 0 Å². The molecule has 1 rings (SSSR count). The Morgan fingerprint density at radius 2 is 2.30 bits per heavy atom. The Kier molecular flexibility index (Phi) is 1.57. The fourth-order valence-corrected chi connectivity index (χ4v) is 1.54. The minimum absolute atomic E-state index is 0.160. The lowest BCUT2D eigenvalue weighted by molar-refractivity contribution is 0.437. The summed E-state index contributed by atoms with van der Waals surface area (Å²) in [5, 5.41) is 3.94. The Bertz CT molecular complexity index is 275. The summed E-state index contributed by atoms with van der Waals surface area (Å²) < 4.78 is 15.9. The summed E-state index contributed by atoms with van der Waals surface area (Å²) in [5.74, 6) is 0.160. The SMILES string of the molecule is CP(C)(=O)c1cnoc1N. The largest absolute Gasteiger partial charge is 0.367 e. The molecule has 1 heterocycles. The van der Waals surface area contributed by atoms with Crippen molar-refractivity contribution in [1.29, 1.82) is 0 Å². The molecule has 0 atom stereocenters. The lowest BCUT2D eigenvalue weighted by atomic mass is 10.7. The standard InChI is InChI=1S/C5H9N2O2P/c1-10(2,8)4-3-7-9-5(4)6/h3H,6H2,1-2H3. The van der Waals surface area contributed by atoms with Crippen LogP contribution in [-0.4, -0.2) is 18.5 Å². The first-order valence-corrected chi connectivity index (χ1v) is 5.37. The second kappa shape index (κ2) is 2.13. The Labute approximate surface area is 58.8 Å². The van der Waals surface area contributed by atoms with Crippen molar-refractivity contribution < 1.29 is 9.09 Å². The predicted octanol–water partition coefficient (Wildman–Crippen LogP) is 0.505. The van der Waals surface area contributed by atoms with E-state index in [9.17, 15) is 4.57 Å². The summed E-state index contributed by atoms with van der Waals surface area (Å²) in [7, 11) is -2.29. The van der Waals surface area contributed by atoms with E-state index in [2.05, 4.69) is 9.68 Å². The molecular formula is C5H9N2O2P. The average molecular weight is 160 g/mol. The highest BCUT2D eigenvalue weighted by Gasteiger charge is 2.17. The Morgan fingerprint density at radius 1 is 1.70 bits per heavy atom. The fraction of sp³-hybridized carbons (Fsp3) is 0.400. The maximum atomic E-state index is 11.3. The van der Waals surface area contributed by atoms with Crippen LogP contribution in [0.25, 0.3) is 0 Å². The average Bonchev–Trinajstić information content (AvgIpc) is 2.11. The van der Waals surface area contributed by atoms with Crippen molar-refractivity contribution in [3.63, 3.8) is 0 Å². The van der Waals surface area contributed by atoms with Crippen LogP contribution in [0.5, 0.6) is 0 Å². The second-order valence-corrected chi connectivity index (χ2v) is 5.61. The molecule has 2 N–H and O–H groups in total. The first-order chi connectivity index (χ1) is 4.52. The Balaban J connectivity index is 3.18. The van der Waals surface area contributed by atoms with E-state index in [1.165, 1.54) is 6.20 Å². The summed E-state index contributed by atoms with van der Waals surface area (Å²) in [6, 6.07) is 0. The molecule has 0 saturated carbocycles. The number of nitrogen functional groups attached to an aromatic ring is 1. The van der Waals surface area contributed by atoms with E-state index in [0.29, 0.717) is 5.30 Å². The van der Waals surface area contributed by atoms with Gasteiger partial charge in [-0.05, 0) is 13.3 Å². The zero-order valence-electron chi connectivity index (χ0n) is 5.87. The van der Waals surface area contributed by atoms with Gasteiger partial charge in [-0.15, -0.1) is 0 Å². The van der Waals surface area contributed by atoms with Crippen LogP contribution in [0.2, 0.25) is 0 Å². The van der Waals surface area contributed by atoms with Gasteiger partial charge in [-0.2, -0.15) is 0 Å². The van der Waals surface area contributed by atoms with Gasteiger partial charge in [0.05, 0.1) is 11.5 Å². The van der Waals surface area contributed by atoms with Crippen molar-refractivity contribution in [3.8, 4) is 0 Å². The van der Waals surface area contributed by atoms with Gasteiger partial charge in [0.2, 0.25) is 5.88 Å². The number of nitrogens with two attached hydrogens (primary N) is 1. The third-order valence-corrected chi connectivity index (χ3v) is 2.65. The third kappa shape index (κ3) is 1.21. The molecule has 0 unspecified atom stereocenters. The summed E-state index contributed by atoms with van der Waals surface area (Å²) in [6.07, 6.45) is 1.40. The van der Waals surface area contributed by atoms with Gasteiger partial charge in [-0.1, -0.05) is 5.16 Å². The van der Waals surface area contributed by atoms with Crippen LogP contribution in [0, 0.1) is 0 Å². The molecule has 1 aromatic rings. The fourth-order valence-electron chi connectivity index (χ4n) is 0.648. The number of hydrogen-bond acceptors (Lipinski definition) is 4. The molecule has 0 amide bonds. The van der Waals surface area contributed by atoms with Crippen LogP contribution in [0.1, 0.15) is 0 Å². The normalized spacial score (nSPS) is 11.8. The first-order valence-electron chi connectivity index (χ1n) is 2.77. The molecular weight excluding hydrogens is 151 g/mol. The smallest absolute Gasteiger partial charge is 0.232 e. The number of rotatable bonds is 1. The zero-order chi connectivity index (χ0) is 7.78. The Hall–Kier alpha value is -0.760.